The number of carbonyl (C=O) groups is 2. The summed E-state index contributed by atoms with van der Waals surface area (Å²) in [6.07, 6.45) is 15.8. The zero-order valence-corrected chi connectivity index (χ0v) is 15.3. The summed E-state index contributed by atoms with van der Waals surface area (Å²) in [6.45, 7) is 3.73. The molecule has 4 unspecified atom stereocenters. The van der Waals surface area contributed by atoms with E-state index in [4.69, 9.17) is 11.2 Å². The summed E-state index contributed by atoms with van der Waals surface area (Å²) in [4.78, 5) is 23.5. The van der Waals surface area contributed by atoms with Crippen molar-refractivity contribution in [1.29, 1.82) is 0 Å². The molecule has 134 valence electrons. The summed E-state index contributed by atoms with van der Waals surface area (Å²) in [5.41, 5.74) is 0.565. The molecule has 4 aliphatic carbocycles. The van der Waals surface area contributed by atoms with E-state index in [1.54, 1.807) is 0 Å². The highest BCUT2D eigenvalue weighted by molar-refractivity contribution is 5.91. The van der Waals surface area contributed by atoms with Crippen LogP contribution >= 0.6 is 0 Å². The van der Waals surface area contributed by atoms with Crippen molar-refractivity contribution < 1.29 is 14.3 Å². The van der Waals surface area contributed by atoms with Gasteiger partial charge in [-0.2, -0.15) is 0 Å². The van der Waals surface area contributed by atoms with Crippen LogP contribution in [0.25, 0.3) is 0 Å². The quantitative estimate of drug-likeness (QED) is 0.534. The van der Waals surface area contributed by atoms with Crippen LogP contribution in [0.2, 0.25) is 0 Å². The van der Waals surface area contributed by atoms with Gasteiger partial charge in [0.2, 0.25) is 0 Å². The minimum atomic E-state index is -0.729. The second kappa shape index (κ2) is 5.73. The molecule has 3 heteroatoms. The Morgan fingerprint density at radius 2 is 2.00 bits per heavy atom. The fourth-order valence-electron chi connectivity index (χ4n) is 6.86. The van der Waals surface area contributed by atoms with E-state index in [1.807, 2.05) is 6.08 Å². The molecule has 0 N–H and O–H groups in total. The topological polar surface area (TPSA) is 43.4 Å². The lowest BCUT2D eigenvalue weighted by molar-refractivity contribution is -0.167. The lowest BCUT2D eigenvalue weighted by Gasteiger charge is -2.55. The number of hydrogen-bond donors (Lipinski definition) is 0. The van der Waals surface area contributed by atoms with Gasteiger partial charge in [0.1, 0.15) is 0 Å². The molecule has 0 aliphatic heterocycles. The summed E-state index contributed by atoms with van der Waals surface area (Å²) < 4.78 is 5.79. The smallest absolute Gasteiger partial charge is 0.304 e. The molecule has 0 bridgehead atoms. The Bertz CT molecular complexity index is 684. The van der Waals surface area contributed by atoms with Gasteiger partial charge >= 0.3 is 5.97 Å². The van der Waals surface area contributed by atoms with E-state index < -0.39 is 5.60 Å². The number of ketones is 1. The summed E-state index contributed by atoms with van der Waals surface area (Å²) in [5.74, 6) is 5.41. The average molecular weight is 340 g/mol. The van der Waals surface area contributed by atoms with Gasteiger partial charge in [-0.15, -0.1) is 6.42 Å². The molecule has 0 aromatic carbocycles. The molecule has 0 amide bonds. The third-order valence-corrected chi connectivity index (χ3v) is 7.97. The lowest BCUT2D eigenvalue weighted by Crippen LogP contribution is -2.53. The van der Waals surface area contributed by atoms with E-state index in [2.05, 4.69) is 12.8 Å². The van der Waals surface area contributed by atoms with Gasteiger partial charge in [-0.3, -0.25) is 9.59 Å². The minimum Gasteiger partial charge on any atom is -0.445 e. The Morgan fingerprint density at radius 3 is 2.72 bits per heavy atom. The highest BCUT2D eigenvalue weighted by atomic mass is 16.6. The molecule has 4 aliphatic rings. The Hall–Kier alpha value is -1.56. The lowest BCUT2D eigenvalue weighted by atomic mass is 9.50. The molecule has 4 rings (SSSR count). The highest BCUT2D eigenvalue weighted by Gasteiger charge is 2.64. The van der Waals surface area contributed by atoms with Gasteiger partial charge in [0.15, 0.2) is 11.4 Å². The monoisotopic (exact) mass is 340 g/mol. The zero-order valence-electron chi connectivity index (χ0n) is 15.3. The van der Waals surface area contributed by atoms with Crippen LogP contribution in [0.1, 0.15) is 65.2 Å². The SMILES string of the molecule is C#C[C@]1(OC(C)=O)CCC2C3CCC4=CC(=O)CCC4C3CC[C@@]21C. The maximum absolute atomic E-state index is 11.8. The second-order valence-corrected chi connectivity index (χ2v) is 8.86. The fourth-order valence-corrected chi connectivity index (χ4v) is 6.86. The van der Waals surface area contributed by atoms with Gasteiger partial charge < -0.3 is 4.74 Å². The van der Waals surface area contributed by atoms with Crippen molar-refractivity contribution in [2.24, 2.45) is 29.1 Å². The largest absolute Gasteiger partial charge is 0.445 e. The summed E-state index contributed by atoms with van der Waals surface area (Å²) in [7, 11) is 0. The molecule has 6 atom stereocenters. The predicted molar refractivity (Wildman–Crippen MR) is 95.4 cm³/mol. The van der Waals surface area contributed by atoms with Crippen LogP contribution < -0.4 is 0 Å². The van der Waals surface area contributed by atoms with E-state index >= 15 is 0 Å². The zero-order chi connectivity index (χ0) is 17.8. The van der Waals surface area contributed by atoms with E-state index in [1.165, 1.54) is 12.5 Å². The van der Waals surface area contributed by atoms with Crippen LogP contribution in [-0.4, -0.2) is 17.4 Å². The van der Waals surface area contributed by atoms with Crippen molar-refractivity contribution in [3.05, 3.63) is 11.6 Å². The Morgan fingerprint density at radius 1 is 1.20 bits per heavy atom. The number of allylic oxidation sites excluding steroid dienone is 1. The van der Waals surface area contributed by atoms with Gasteiger partial charge in [-0.1, -0.05) is 18.4 Å². The van der Waals surface area contributed by atoms with E-state index in [0.717, 1.165) is 44.9 Å². The second-order valence-electron chi connectivity index (χ2n) is 8.86. The first kappa shape index (κ1) is 16.9. The van der Waals surface area contributed by atoms with Crippen molar-refractivity contribution in [3.8, 4) is 12.3 Å². The third kappa shape index (κ3) is 2.33. The van der Waals surface area contributed by atoms with Crippen LogP contribution in [0.3, 0.4) is 0 Å². The first-order valence-electron chi connectivity index (χ1n) is 9.81. The molecule has 0 saturated heterocycles. The molecule has 3 fully saturated rings. The summed E-state index contributed by atoms with van der Waals surface area (Å²) in [5, 5.41) is 0. The van der Waals surface area contributed by atoms with Crippen LogP contribution in [0.5, 0.6) is 0 Å². The minimum absolute atomic E-state index is 0.111. The number of terminal acetylenes is 1. The van der Waals surface area contributed by atoms with Gasteiger partial charge in [-0.05, 0) is 74.7 Å². The van der Waals surface area contributed by atoms with Crippen molar-refractivity contribution in [2.75, 3.05) is 0 Å². The maximum atomic E-state index is 11.8. The van der Waals surface area contributed by atoms with Crippen LogP contribution in [0, 0.1) is 41.4 Å². The van der Waals surface area contributed by atoms with Crippen molar-refractivity contribution in [1.82, 2.24) is 0 Å². The number of rotatable bonds is 1. The van der Waals surface area contributed by atoms with Gasteiger partial charge in [0.25, 0.3) is 0 Å². The Kier molecular flexibility index (Phi) is 3.87. The van der Waals surface area contributed by atoms with Gasteiger partial charge in [0.05, 0.1) is 0 Å². The van der Waals surface area contributed by atoms with Crippen molar-refractivity contribution in [2.45, 2.75) is 70.8 Å². The standard InChI is InChI=1S/C22H28O3/c1-4-22(25-14(2)23)12-10-20-19-7-5-15-13-16(24)6-8-17(15)18(19)9-11-21(20,22)3/h1,13,17-20H,5-12H2,2-3H3/t17?,18?,19?,20?,21-,22-/m0/s1. The number of hydrogen-bond acceptors (Lipinski definition) is 3. The Labute approximate surface area is 150 Å². The molecule has 0 aromatic heterocycles. The average Bonchev–Trinajstić information content (AvgIpc) is 2.87. The molecule has 0 heterocycles. The molecule has 3 nitrogen and oxygen atoms in total. The van der Waals surface area contributed by atoms with Crippen LogP contribution in [0.15, 0.2) is 11.6 Å². The van der Waals surface area contributed by atoms with Crippen molar-refractivity contribution >= 4 is 11.8 Å². The summed E-state index contributed by atoms with van der Waals surface area (Å²) >= 11 is 0. The van der Waals surface area contributed by atoms with E-state index in [0.29, 0.717) is 35.9 Å². The van der Waals surface area contributed by atoms with Crippen molar-refractivity contribution in [3.63, 3.8) is 0 Å². The first-order valence-corrected chi connectivity index (χ1v) is 9.81. The van der Waals surface area contributed by atoms with Crippen LogP contribution in [0.4, 0.5) is 0 Å². The van der Waals surface area contributed by atoms with Crippen LogP contribution in [-0.2, 0) is 14.3 Å². The molecular weight excluding hydrogens is 312 g/mol. The first-order chi connectivity index (χ1) is 11.9. The highest BCUT2D eigenvalue weighted by Crippen LogP contribution is 2.65. The Balaban J connectivity index is 1.64. The van der Waals surface area contributed by atoms with Gasteiger partial charge in [0, 0.05) is 18.8 Å². The number of fused-ring (bicyclic) bond motifs is 5. The molecule has 25 heavy (non-hydrogen) atoms. The molecular formula is C22H28O3. The fraction of sp³-hybridized carbons (Fsp3) is 0.727. The molecule has 3 saturated carbocycles. The molecule has 0 radical (unpaired) electrons. The van der Waals surface area contributed by atoms with E-state index in [9.17, 15) is 9.59 Å². The number of esters is 1. The van der Waals surface area contributed by atoms with Gasteiger partial charge in [-0.25, -0.2) is 0 Å². The van der Waals surface area contributed by atoms with E-state index in [-0.39, 0.29) is 11.4 Å². The molecule has 0 aromatic rings. The number of ether oxygens (including phenoxy) is 1. The normalized spacial score (nSPS) is 45.5. The summed E-state index contributed by atoms with van der Waals surface area (Å²) in [6, 6.07) is 0. The number of carbonyl (C=O) groups excluding carboxylic acids is 2. The maximum Gasteiger partial charge on any atom is 0.304 e. The third-order valence-electron chi connectivity index (χ3n) is 7.97. The molecule has 0 spiro atoms. The predicted octanol–water partition coefficient (Wildman–Crippen LogP) is 4.06.